The molecule has 1 aromatic carbocycles. The smallest absolute Gasteiger partial charge is 0.289 e. The number of nitrogens with zero attached hydrogens (tertiary/aromatic N) is 2. The van der Waals surface area contributed by atoms with Crippen LogP contribution in [0.15, 0.2) is 45.9 Å². The van der Waals surface area contributed by atoms with Crippen LogP contribution in [0, 0.1) is 0 Å². The first-order valence-electron chi connectivity index (χ1n) is 8.29. The quantitative estimate of drug-likeness (QED) is 0.701. The third kappa shape index (κ3) is 4.55. The summed E-state index contributed by atoms with van der Waals surface area (Å²) >= 11 is 1.51. The molecule has 27 heavy (non-hydrogen) atoms. The molecule has 2 heterocycles. The number of benzene rings is 1. The number of fused-ring (bicyclic) bond motifs is 1. The zero-order valence-electron chi connectivity index (χ0n) is 15.5. The molecule has 0 spiro atoms. The molecule has 0 unspecified atom stereocenters. The van der Waals surface area contributed by atoms with Crippen LogP contribution in [0.2, 0.25) is 0 Å². The molecule has 144 valence electrons. The minimum absolute atomic E-state index is 0.0344. The van der Waals surface area contributed by atoms with E-state index in [2.05, 4.69) is 9.71 Å². The van der Waals surface area contributed by atoms with Crippen LogP contribution in [-0.4, -0.2) is 36.8 Å². The highest BCUT2D eigenvalue weighted by Gasteiger charge is 2.27. The summed E-state index contributed by atoms with van der Waals surface area (Å²) in [5.41, 5.74) is 0.234. The zero-order valence-corrected chi connectivity index (χ0v) is 17.1. The fourth-order valence-corrected chi connectivity index (χ4v) is 4.86. The summed E-state index contributed by atoms with van der Waals surface area (Å²) < 4.78 is 33.5. The van der Waals surface area contributed by atoms with Gasteiger partial charge < -0.3 is 9.32 Å². The predicted molar refractivity (Wildman–Crippen MR) is 104 cm³/mol. The summed E-state index contributed by atoms with van der Waals surface area (Å²) in [6, 6.07) is 10.4. The number of hydrogen-bond acceptors (Lipinski definition) is 6. The summed E-state index contributed by atoms with van der Waals surface area (Å²) in [6.07, 6.45) is 0. The van der Waals surface area contributed by atoms with Crippen molar-refractivity contribution in [2.24, 2.45) is 0 Å². The molecule has 0 saturated carbocycles. The van der Waals surface area contributed by atoms with Gasteiger partial charge in [-0.25, -0.2) is 18.1 Å². The lowest BCUT2D eigenvalue weighted by Crippen LogP contribution is -2.40. The molecule has 0 bridgehead atoms. The number of carbonyl (C=O) groups is 1. The van der Waals surface area contributed by atoms with Gasteiger partial charge in [-0.1, -0.05) is 12.1 Å². The van der Waals surface area contributed by atoms with Crippen LogP contribution in [0.25, 0.3) is 10.2 Å². The van der Waals surface area contributed by atoms with Crippen molar-refractivity contribution in [1.29, 1.82) is 0 Å². The first-order valence-corrected chi connectivity index (χ1v) is 10.6. The molecule has 0 aliphatic rings. The van der Waals surface area contributed by atoms with Crippen LogP contribution in [0.3, 0.4) is 0 Å². The van der Waals surface area contributed by atoms with Crippen molar-refractivity contribution >= 4 is 37.5 Å². The molecule has 3 rings (SSSR count). The Bertz CT molecular complexity index is 1040. The fraction of sp³-hybridized carbons (Fsp3) is 0.333. The molecule has 0 saturated heterocycles. The number of hydrogen-bond donors (Lipinski definition) is 1. The third-order valence-corrected chi connectivity index (χ3v) is 6.21. The molecule has 3 aromatic rings. The van der Waals surface area contributed by atoms with Crippen molar-refractivity contribution in [3.05, 3.63) is 47.2 Å². The van der Waals surface area contributed by atoms with E-state index in [1.165, 1.54) is 28.4 Å². The SMILES string of the molecule is CN(Cc1nc2ccccc2s1)C(=O)c1ccc(S(=O)(=O)NC(C)(C)C)o1. The Labute approximate surface area is 162 Å². The summed E-state index contributed by atoms with van der Waals surface area (Å²) in [4.78, 5) is 18.5. The number of furan rings is 1. The van der Waals surface area contributed by atoms with Crippen molar-refractivity contribution in [2.75, 3.05) is 7.05 Å². The summed E-state index contributed by atoms with van der Waals surface area (Å²) in [5, 5.41) is 0.509. The lowest BCUT2D eigenvalue weighted by Gasteiger charge is -2.19. The molecule has 0 atom stereocenters. The first-order chi connectivity index (χ1) is 12.5. The molecule has 0 fully saturated rings. The van der Waals surface area contributed by atoms with Gasteiger partial charge in [-0.3, -0.25) is 4.79 Å². The topological polar surface area (TPSA) is 92.5 Å². The normalized spacial score (nSPS) is 12.4. The average Bonchev–Trinajstić information content (AvgIpc) is 3.18. The van der Waals surface area contributed by atoms with Crippen molar-refractivity contribution in [3.63, 3.8) is 0 Å². The molecule has 9 heteroatoms. The van der Waals surface area contributed by atoms with Gasteiger partial charge in [0.2, 0.25) is 5.09 Å². The number of sulfonamides is 1. The average molecular weight is 408 g/mol. The third-order valence-electron chi connectivity index (χ3n) is 3.55. The molecule has 2 aromatic heterocycles. The predicted octanol–water partition coefficient (Wildman–Crippen LogP) is 3.24. The second kappa shape index (κ2) is 7.06. The van der Waals surface area contributed by atoms with Crippen LogP contribution >= 0.6 is 11.3 Å². The van der Waals surface area contributed by atoms with Gasteiger partial charge in [0.25, 0.3) is 15.9 Å². The van der Waals surface area contributed by atoms with E-state index in [4.69, 9.17) is 4.42 Å². The Kier molecular flexibility index (Phi) is 5.11. The van der Waals surface area contributed by atoms with Gasteiger partial charge in [0, 0.05) is 12.6 Å². The Hall–Kier alpha value is -2.23. The van der Waals surface area contributed by atoms with Crippen molar-refractivity contribution in [2.45, 2.75) is 37.9 Å². The highest BCUT2D eigenvalue weighted by atomic mass is 32.2. The van der Waals surface area contributed by atoms with E-state index in [0.29, 0.717) is 6.54 Å². The van der Waals surface area contributed by atoms with Gasteiger partial charge >= 0.3 is 0 Å². The summed E-state index contributed by atoms with van der Waals surface area (Å²) in [5.74, 6) is -0.445. The summed E-state index contributed by atoms with van der Waals surface area (Å²) in [6.45, 7) is 5.49. The monoisotopic (exact) mass is 407 g/mol. The maximum atomic E-state index is 12.6. The largest absolute Gasteiger partial charge is 0.438 e. The standard InChI is InChI=1S/C18H21N3O4S2/c1-18(2,3)20-27(23,24)16-10-9-13(25-16)17(22)21(4)11-15-19-12-7-5-6-8-14(12)26-15/h5-10,20H,11H2,1-4H3. The van der Waals surface area contributed by atoms with E-state index in [0.717, 1.165) is 15.2 Å². The van der Waals surface area contributed by atoms with E-state index in [1.807, 2.05) is 24.3 Å². The van der Waals surface area contributed by atoms with E-state index in [1.54, 1.807) is 27.8 Å². The van der Waals surface area contributed by atoms with Gasteiger partial charge in [-0.2, -0.15) is 0 Å². The molecule has 1 N–H and O–H groups in total. The van der Waals surface area contributed by atoms with Crippen molar-refractivity contribution in [3.8, 4) is 0 Å². The van der Waals surface area contributed by atoms with Gasteiger partial charge in [0.1, 0.15) is 5.01 Å². The van der Waals surface area contributed by atoms with Gasteiger partial charge in [0.15, 0.2) is 5.76 Å². The zero-order chi connectivity index (χ0) is 19.8. The number of thiazole rings is 1. The summed E-state index contributed by atoms with van der Waals surface area (Å²) in [7, 11) is -2.21. The van der Waals surface area contributed by atoms with Crippen molar-refractivity contribution < 1.29 is 17.6 Å². The fourth-order valence-electron chi connectivity index (χ4n) is 2.48. The van der Waals surface area contributed by atoms with Crippen LogP contribution < -0.4 is 4.72 Å². The minimum Gasteiger partial charge on any atom is -0.438 e. The van der Waals surface area contributed by atoms with Gasteiger partial charge in [0.05, 0.1) is 16.8 Å². The molecular formula is C18H21N3O4S2. The Morgan fingerprint density at radius 1 is 1.22 bits per heavy atom. The van der Waals surface area contributed by atoms with E-state index in [9.17, 15) is 13.2 Å². The lowest BCUT2D eigenvalue weighted by atomic mass is 10.1. The van der Waals surface area contributed by atoms with Crippen LogP contribution in [0.1, 0.15) is 36.3 Å². The molecule has 0 aliphatic carbocycles. The number of rotatable bonds is 5. The Morgan fingerprint density at radius 3 is 2.59 bits per heavy atom. The lowest BCUT2D eigenvalue weighted by molar-refractivity contribution is 0.0747. The Morgan fingerprint density at radius 2 is 1.93 bits per heavy atom. The van der Waals surface area contributed by atoms with Crippen LogP contribution in [0.4, 0.5) is 0 Å². The van der Waals surface area contributed by atoms with E-state index >= 15 is 0 Å². The molecule has 0 aliphatic heterocycles. The van der Waals surface area contributed by atoms with Gasteiger partial charge in [-0.05, 0) is 45.0 Å². The second-order valence-electron chi connectivity index (χ2n) is 7.21. The Balaban J connectivity index is 1.75. The number of para-hydroxylation sites is 1. The number of nitrogens with one attached hydrogen (secondary N) is 1. The first kappa shape index (κ1) is 19.5. The minimum atomic E-state index is -3.83. The van der Waals surface area contributed by atoms with Crippen LogP contribution in [0.5, 0.6) is 0 Å². The van der Waals surface area contributed by atoms with Crippen LogP contribution in [-0.2, 0) is 16.6 Å². The number of amides is 1. The maximum absolute atomic E-state index is 12.6. The molecular weight excluding hydrogens is 386 g/mol. The molecule has 1 amide bonds. The number of carbonyl (C=O) groups excluding carboxylic acids is 1. The highest BCUT2D eigenvalue weighted by molar-refractivity contribution is 7.89. The van der Waals surface area contributed by atoms with E-state index in [-0.39, 0.29) is 10.9 Å². The van der Waals surface area contributed by atoms with Gasteiger partial charge in [-0.15, -0.1) is 11.3 Å². The number of aromatic nitrogens is 1. The second-order valence-corrected chi connectivity index (χ2v) is 9.94. The highest BCUT2D eigenvalue weighted by Crippen LogP contribution is 2.23. The van der Waals surface area contributed by atoms with E-state index < -0.39 is 21.5 Å². The molecule has 7 nitrogen and oxygen atoms in total. The van der Waals surface area contributed by atoms with Crippen molar-refractivity contribution in [1.82, 2.24) is 14.6 Å². The maximum Gasteiger partial charge on any atom is 0.289 e. The molecule has 0 radical (unpaired) electrons.